The van der Waals surface area contributed by atoms with Gasteiger partial charge in [0.25, 0.3) is 5.79 Å². The Bertz CT molecular complexity index is 1460. The summed E-state index contributed by atoms with van der Waals surface area (Å²) in [6.07, 6.45) is 1.82. The van der Waals surface area contributed by atoms with E-state index < -0.39 is 29.6 Å². The van der Waals surface area contributed by atoms with Crippen molar-refractivity contribution in [3.05, 3.63) is 94.1 Å². The van der Waals surface area contributed by atoms with Crippen LogP contribution < -0.4 is 9.47 Å². The van der Waals surface area contributed by atoms with Gasteiger partial charge in [0, 0.05) is 41.3 Å². The van der Waals surface area contributed by atoms with Crippen LogP contribution in [0.15, 0.2) is 77.4 Å². The Hall–Kier alpha value is -3.78. The first-order valence-corrected chi connectivity index (χ1v) is 13.2. The highest BCUT2D eigenvalue weighted by Crippen LogP contribution is 2.46. The van der Waals surface area contributed by atoms with Crippen LogP contribution in [0.25, 0.3) is 10.9 Å². The number of carbonyl (C=O) groups excluding carboxylic acids is 2. The molecule has 196 valence electrons. The smallest absolute Gasteiger partial charge is 0.324 e. The lowest BCUT2D eigenvalue weighted by atomic mass is 9.79. The number of hydrogen-bond acceptors (Lipinski definition) is 6. The molecule has 1 atom stereocenters. The minimum absolute atomic E-state index is 0.356. The highest BCUT2D eigenvalue weighted by Gasteiger charge is 2.49. The maximum absolute atomic E-state index is 13.3. The van der Waals surface area contributed by atoms with Crippen molar-refractivity contribution in [2.45, 2.75) is 39.1 Å². The molecular weight excluding hydrogens is 550 g/mol. The lowest BCUT2D eigenvalue weighted by molar-refractivity contribution is -0.240. The number of ether oxygens (including phenoxy) is 4. The summed E-state index contributed by atoms with van der Waals surface area (Å²) in [5.74, 6) is -3.52. The van der Waals surface area contributed by atoms with Crippen molar-refractivity contribution in [1.29, 1.82) is 0 Å². The van der Waals surface area contributed by atoms with Crippen LogP contribution in [0.3, 0.4) is 0 Å². The van der Waals surface area contributed by atoms with Crippen molar-refractivity contribution in [3.63, 3.8) is 0 Å². The van der Waals surface area contributed by atoms with Gasteiger partial charge in [-0.15, -0.1) is 0 Å². The molecule has 5 rings (SSSR count). The zero-order chi connectivity index (χ0) is 26.9. The molecule has 0 saturated carbocycles. The molecule has 38 heavy (non-hydrogen) atoms. The van der Waals surface area contributed by atoms with E-state index in [1.54, 1.807) is 13.8 Å². The van der Waals surface area contributed by atoms with Gasteiger partial charge in [-0.05, 0) is 41.8 Å². The van der Waals surface area contributed by atoms with E-state index in [-0.39, 0.29) is 0 Å². The molecule has 1 saturated heterocycles. The molecule has 3 aromatic carbocycles. The number of H-pyrrole nitrogens is 1. The highest BCUT2D eigenvalue weighted by molar-refractivity contribution is 9.10. The first-order valence-electron chi connectivity index (χ1n) is 12.4. The van der Waals surface area contributed by atoms with Crippen LogP contribution >= 0.6 is 15.9 Å². The molecule has 1 aliphatic rings. The fraction of sp³-hybridized carbons (Fsp3) is 0.267. The van der Waals surface area contributed by atoms with Gasteiger partial charge in [0.2, 0.25) is 0 Å². The molecular formula is C30H28BrNO6. The minimum Gasteiger partial charge on any atom is -0.490 e. The molecule has 1 fully saturated rings. The molecule has 1 N–H and O–H groups in total. The third-order valence-electron chi connectivity index (χ3n) is 6.43. The van der Waals surface area contributed by atoms with E-state index >= 15 is 0 Å². The van der Waals surface area contributed by atoms with E-state index in [0.717, 1.165) is 22.0 Å². The number of benzene rings is 3. The van der Waals surface area contributed by atoms with E-state index in [4.69, 9.17) is 18.9 Å². The third kappa shape index (κ3) is 5.13. The molecule has 1 aromatic heterocycles. The van der Waals surface area contributed by atoms with Crippen molar-refractivity contribution in [3.8, 4) is 11.5 Å². The van der Waals surface area contributed by atoms with Gasteiger partial charge in [-0.2, -0.15) is 0 Å². The SMILES string of the molecule is CCOc1cc([C@@H](c2c[nH]c3ccccc23)C2C(=O)OC(C)(C)OC2=O)c(Br)cc1OCc1ccccc1. The first kappa shape index (κ1) is 25.9. The molecule has 0 radical (unpaired) electrons. The maximum atomic E-state index is 13.3. The summed E-state index contributed by atoms with van der Waals surface area (Å²) in [5.41, 5.74) is 3.33. The largest absolute Gasteiger partial charge is 0.490 e. The van der Waals surface area contributed by atoms with E-state index in [9.17, 15) is 9.59 Å². The van der Waals surface area contributed by atoms with Gasteiger partial charge in [-0.1, -0.05) is 64.5 Å². The second-order valence-electron chi connectivity index (χ2n) is 9.51. The molecule has 1 aliphatic heterocycles. The van der Waals surface area contributed by atoms with Crippen LogP contribution in [0, 0.1) is 5.92 Å². The Kier molecular flexibility index (Phi) is 7.17. The van der Waals surface area contributed by atoms with Crippen LogP contribution in [0.1, 0.15) is 43.4 Å². The molecule has 0 spiro atoms. The zero-order valence-electron chi connectivity index (χ0n) is 21.3. The first-order chi connectivity index (χ1) is 18.3. The van der Waals surface area contributed by atoms with Gasteiger partial charge >= 0.3 is 11.9 Å². The van der Waals surface area contributed by atoms with E-state index in [0.29, 0.717) is 34.7 Å². The number of hydrogen-bond donors (Lipinski definition) is 1. The molecule has 8 heteroatoms. The van der Waals surface area contributed by atoms with Crippen molar-refractivity contribution in [2.24, 2.45) is 5.92 Å². The normalized spacial score (nSPS) is 16.1. The summed E-state index contributed by atoms with van der Waals surface area (Å²) in [6, 6.07) is 21.2. The number of fused-ring (bicyclic) bond motifs is 1. The third-order valence-corrected chi connectivity index (χ3v) is 7.11. The van der Waals surface area contributed by atoms with Crippen molar-refractivity contribution in [1.82, 2.24) is 4.98 Å². The summed E-state index contributed by atoms with van der Waals surface area (Å²) in [6.45, 7) is 5.73. The van der Waals surface area contributed by atoms with Gasteiger partial charge in [0.05, 0.1) is 6.61 Å². The topological polar surface area (TPSA) is 86.9 Å². The number of para-hydroxylation sites is 1. The average molecular weight is 578 g/mol. The standard InChI is InChI=1S/C30H28BrNO6/c1-4-35-24-14-20(22(31)15-25(24)36-17-18-10-6-5-7-11-18)26(21-16-32-23-13-9-8-12-19(21)23)27-28(33)37-30(2,3)38-29(27)34/h5-16,26-27,32H,4,17H2,1-3H3/t26-/m0/s1. The number of nitrogens with one attached hydrogen (secondary N) is 1. The van der Waals surface area contributed by atoms with Crippen LogP contribution in [0.4, 0.5) is 0 Å². The quantitative estimate of drug-likeness (QED) is 0.190. The molecule has 2 heterocycles. The van der Waals surface area contributed by atoms with E-state index in [2.05, 4.69) is 20.9 Å². The number of rotatable bonds is 8. The highest BCUT2D eigenvalue weighted by atomic mass is 79.9. The van der Waals surface area contributed by atoms with Gasteiger partial charge in [0.15, 0.2) is 17.4 Å². The predicted octanol–water partition coefficient (Wildman–Crippen LogP) is 6.49. The summed E-state index contributed by atoms with van der Waals surface area (Å²) >= 11 is 3.69. The van der Waals surface area contributed by atoms with E-state index in [1.807, 2.05) is 79.9 Å². The Labute approximate surface area is 229 Å². The number of carbonyl (C=O) groups is 2. The second kappa shape index (κ2) is 10.5. The van der Waals surface area contributed by atoms with Crippen LogP contribution in [-0.4, -0.2) is 29.3 Å². The summed E-state index contributed by atoms with van der Waals surface area (Å²) < 4.78 is 23.8. The lowest BCUT2D eigenvalue weighted by Gasteiger charge is -2.36. The molecule has 0 unspecified atom stereocenters. The number of cyclic esters (lactones) is 2. The number of esters is 2. The minimum atomic E-state index is -1.34. The monoisotopic (exact) mass is 577 g/mol. The van der Waals surface area contributed by atoms with E-state index in [1.165, 1.54) is 0 Å². The second-order valence-corrected chi connectivity index (χ2v) is 10.4. The number of aromatic amines is 1. The maximum Gasteiger partial charge on any atom is 0.324 e. The van der Waals surface area contributed by atoms with Crippen molar-refractivity contribution >= 4 is 38.8 Å². The fourth-order valence-corrected chi connectivity index (χ4v) is 5.35. The van der Waals surface area contributed by atoms with Gasteiger partial charge in [-0.3, -0.25) is 9.59 Å². The summed E-state index contributed by atoms with van der Waals surface area (Å²) in [5, 5.41) is 0.886. The lowest BCUT2D eigenvalue weighted by Crippen LogP contribution is -2.48. The van der Waals surface area contributed by atoms with Crippen LogP contribution in [0.5, 0.6) is 11.5 Å². The van der Waals surface area contributed by atoms with Gasteiger partial charge < -0.3 is 23.9 Å². The number of aromatic nitrogens is 1. The van der Waals surface area contributed by atoms with Crippen molar-refractivity contribution < 1.29 is 28.5 Å². The van der Waals surface area contributed by atoms with Gasteiger partial charge in [-0.25, -0.2) is 0 Å². The Morgan fingerprint density at radius 3 is 2.29 bits per heavy atom. The molecule has 0 aliphatic carbocycles. The molecule has 0 amide bonds. The fourth-order valence-electron chi connectivity index (χ4n) is 4.78. The Balaban J connectivity index is 1.62. The Morgan fingerprint density at radius 2 is 1.58 bits per heavy atom. The molecule has 7 nitrogen and oxygen atoms in total. The van der Waals surface area contributed by atoms with Gasteiger partial charge in [0.1, 0.15) is 6.61 Å². The van der Waals surface area contributed by atoms with Crippen molar-refractivity contribution in [2.75, 3.05) is 6.61 Å². The molecule has 4 aromatic rings. The predicted molar refractivity (Wildman–Crippen MR) is 146 cm³/mol. The zero-order valence-corrected chi connectivity index (χ0v) is 22.9. The number of halogens is 1. The van der Waals surface area contributed by atoms with Crippen LogP contribution in [0.2, 0.25) is 0 Å². The van der Waals surface area contributed by atoms with Crippen LogP contribution in [-0.2, 0) is 25.7 Å². The Morgan fingerprint density at radius 1 is 0.921 bits per heavy atom. The molecule has 0 bridgehead atoms. The average Bonchev–Trinajstić information content (AvgIpc) is 3.30. The summed E-state index contributed by atoms with van der Waals surface area (Å²) in [4.78, 5) is 29.9. The summed E-state index contributed by atoms with van der Waals surface area (Å²) in [7, 11) is 0.